The Morgan fingerprint density at radius 3 is 1.60 bits per heavy atom. The summed E-state index contributed by atoms with van der Waals surface area (Å²) in [5.74, 6) is 0. The van der Waals surface area contributed by atoms with Crippen LogP contribution >= 0.6 is 11.6 Å². The molecule has 154 valence electrons. The van der Waals surface area contributed by atoms with Crippen LogP contribution in [0.4, 0.5) is 9.59 Å². The van der Waals surface area contributed by atoms with Gasteiger partial charge in [0.1, 0.15) is 19.4 Å². The molecule has 0 saturated carbocycles. The minimum Gasteiger partial charge on any atom is -0.445 e. The third-order valence-electron chi connectivity index (χ3n) is 4.17. The second-order valence-corrected chi connectivity index (χ2v) is 6.77. The summed E-state index contributed by atoms with van der Waals surface area (Å²) >= 11 is 6.25. The topological polar surface area (TPSA) is 76.7 Å². The van der Waals surface area contributed by atoms with Crippen LogP contribution in [-0.4, -0.2) is 12.2 Å². The zero-order chi connectivity index (χ0) is 21.2. The Hall–Kier alpha value is -3.51. The summed E-state index contributed by atoms with van der Waals surface area (Å²) in [6.07, 6.45) is -2.33. The number of carbonyl (C=O) groups excluding carboxylic acids is 2. The monoisotopic (exact) mass is 424 g/mol. The fourth-order valence-electron chi connectivity index (χ4n) is 2.67. The summed E-state index contributed by atoms with van der Waals surface area (Å²) in [4.78, 5) is 24.6. The first kappa shape index (κ1) is 21.2. The lowest BCUT2D eigenvalue weighted by Crippen LogP contribution is -2.41. The van der Waals surface area contributed by atoms with Gasteiger partial charge in [0.05, 0.1) is 0 Å². The van der Waals surface area contributed by atoms with E-state index in [0.29, 0.717) is 10.6 Å². The number of rotatable bonds is 7. The Morgan fingerprint density at radius 1 is 0.700 bits per heavy atom. The quantitative estimate of drug-likeness (QED) is 0.511. The molecule has 0 unspecified atom stereocenters. The lowest BCUT2D eigenvalue weighted by molar-refractivity contribution is 0.122. The molecule has 0 aliphatic heterocycles. The average Bonchev–Trinajstić information content (AvgIpc) is 2.78. The van der Waals surface area contributed by atoms with Gasteiger partial charge in [-0.2, -0.15) is 0 Å². The van der Waals surface area contributed by atoms with Gasteiger partial charge in [-0.3, -0.25) is 10.6 Å². The predicted octanol–water partition coefficient (Wildman–Crippen LogP) is 5.19. The molecule has 0 saturated heterocycles. The lowest BCUT2D eigenvalue weighted by atomic mass is 10.1. The van der Waals surface area contributed by atoms with Gasteiger partial charge in [0.2, 0.25) is 0 Å². The maximum Gasteiger partial charge on any atom is 0.409 e. The molecule has 3 rings (SSSR count). The molecule has 0 aromatic heterocycles. The summed E-state index contributed by atoms with van der Waals surface area (Å²) in [6, 6.07) is 25.4. The number of nitrogens with one attached hydrogen (secondary N) is 2. The van der Waals surface area contributed by atoms with E-state index in [1.165, 1.54) is 0 Å². The van der Waals surface area contributed by atoms with E-state index in [9.17, 15) is 9.59 Å². The van der Waals surface area contributed by atoms with Gasteiger partial charge in [0.25, 0.3) is 0 Å². The molecule has 0 aliphatic carbocycles. The molecule has 0 spiro atoms. The molecule has 3 aromatic rings. The van der Waals surface area contributed by atoms with Gasteiger partial charge in [-0.15, -0.1) is 0 Å². The number of amides is 2. The van der Waals surface area contributed by atoms with E-state index in [4.69, 9.17) is 21.1 Å². The van der Waals surface area contributed by atoms with Crippen LogP contribution in [0, 0.1) is 0 Å². The molecule has 30 heavy (non-hydrogen) atoms. The van der Waals surface area contributed by atoms with E-state index in [1.807, 2.05) is 60.7 Å². The van der Waals surface area contributed by atoms with Crippen molar-refractivity contribution < 1.29 is 19.1 Å². The minimum atomic E-state index is -0.926. The standard InChI is InChI=1S/C23H21ClN2O4/c24-20-14-8-7-13-19(20)21(25-22(27)29-15-17-9-3-1-4-10-17)26-23(28)30-16-18-11-5-2-6-12-18/h1-14,21H,15-16H2,(H,25,27)(H,26,28). The van der Waals surface area contributed by atoms with Crippen molar-refractivity contribution in [1.29, 1.82) is 0 Å². The third-order valence-corrected chi connectivity index (χ3v) is 4.51. The first-order chi connectivity index (χ1) is 14.6. The Kier molecular flexibility index (Phi) is 7.69. The molecule has 2 N–H and O–H groups in total. The minimum absolute atomic E-state index is 0.0976. The van der Waals surface area contributed by atoms with Gasteiger partial charge in [-0.25, -0.2) is 9.59 Å². The van der Waals surface area contributed by atoms with Crippen molar-refractivity contribution in [3.63, 3.8) is 0 Å². The lowest BCUT2D eigenvalue weighted by Gasteiger charge is -2.21. The largest absolute Gasteiger partial charge is 0.445 e. The number of ether oxygens (including phenoxy) is 2. The van der Waals surface area contributed by atoms with Crippen molar-refractivity contribution in [3.8, 4) is 0 Å². The van der Waals surface area contributed by atoms with Crippen molar-refractivity contribution in [2.45, 2.75) is 19.4 Å². The van der Waals surface area contributed by atoms with Gasteiger partial charge >= 0.3 is 12.2 Å². The van der Waals surface area contributed by atoms with Gasteiger partial charge in [-0.1, -0.05) is 90.5 Å². The van der Waals surface area contributed by atoms with Crippen molar-refractivity contribution in [2.75, 3.05) is 0 Å². The van der Waals surface area contributed by atoms with Crippen LogP contribution < -0.4 is 10.6 Å². The molecule has 6 nitrogen and oxygen atoms in total. The van der Waals surface area contributed by atoms with Crippen LogP contribution in [0.25, 0.3) is 0 Å². The van der Waals surface area contributed by atoms with Crippen LogP contribution in [0.15, 0.2) is 84.9 Å². The van der Waals surface area contributed by atoms with Crippen molar-refractivity contribution in [1.82, 2.24) is 10.6 Å². The van der Waals surface area contributed by atoms with E-state index in [-0.39, 0.29) is 13.2 Å². The van der Waals surface area contributed by atoms with Crippen LogP contribution in [0.2, 0.25) is 5.02 Å². The number of carbonyl (C=O) groups is 2. The second-order valence-electron chi connectivity index (χ2n) is 6.37. The molecule has 0 radical (unpaired) electrons. The van der Waals surface area contributed by atoms with Crippen LogP contribution in [0.5, 0.6) is 0 Å². The number of halogens is 1. The maximum atomic E-state index is 12.3. The number of benzene rings is 3. The SMILES string of the molecule is O=C(NC(NC(=O)OCc1ccccc1)c1ccccc1Cl)OCc1ccccc1. The van der Waals surface area contributed by atoms with Gasteiger partial charge in [0, 0.05) is 10.6 Å². The molecule has 0 aliphatic rings. The Bertz CT molecular complexity index is 910. The number of hydrogen-bond acceptors (Lipinski definition) is 4. The van der Waals surface area contributed by atoms with Crippen LogP contribution in [-0.2, 0) is 22.7 Å². The van der Waals surface area contributed by atoms with E-state index < -0.39 is 18.4 Å². The predicted molar refractivity (Wildman–Crippen MR) is 114 cm³/mol. The van der Waals surface area contributed by atoms with Crippen LogP contribution in [0.3, 0.4) is 0 Å². The van der Waals surface area contributed by atoms with Gasteiger partial charge < -0.3 is 9.47 Å². The number of hydrogen-bond donors (Lipinski definition) is 2. The second kappa shape index (κ2) is 10.9. The zero-order valence-corrected chi connectivity index (χ0v) is 16.8. The first-order valence-corrected chi connectivity index (χ1v) is 9.68. The fourth-order valence-corrected chi connectivity index (χ4v) is 2.91. The molecule has 2 amide bonds. The smallest absolute Gasteiger partial charge is 0.409 e. The highest BCUT2D eigenvalue weighted by molar-refractivity contribution is 6.31. The van der Waals surface area contributed by atoms with Gasteiger partial charge in [-0.05, 0) is 17.2 Å². The van der Waals surface area contributed by atoms with Crippen molar-refractivity contribution in [3.05, 3.63) is 107 Å². The first-order valence-electron chi connectivity index (χ1n) is 9.30. The number of alkyl carbamates (subject to hydrolysis) is 2. The highest BCUT2D eigenvalue weighted by Gasteiger charge is 2.21. The highest BCUT2D eigenvalue weighted by atomic mass is 35.5. The zero-order valence-electron chi connectivity index (χ0n) is 16.1. The Balaban J connectivity index is 1.62. The summed E-state index contributed by atoms with van der Waals surface area (Å²) in [5, 5.41) is 5.62. The van der Waals surface area contributed by atoms with Crippen molar-refractivity contribution in [2.24, 2.45) is 0 Å². The molecule has 3 aromatic carbocycles. The van der Waals surface area contributed by atoms with E-state index >= 15 is 0 Å². The molecule has 0 fully saturated rings. The van der Waals surface area contributed by atoms with E-state index in [2.05, 4.69) is 10.6 Å². The maximum absolute atomic E-state index is 12.3. The molecular weight excluding hydrogens is 404 g/mol. The molecular formula is C23H21ClN2O4. The summed E-state index contributed by atoms with van der Waals surface area (Å²) in [7, 11) is 0. The molecule has 0 atom stereocenters. The fraction of sp³-hybridized carbons (Fsp3) is 0.130. The summed E-state index contributed by atoms with van der Waals surface area (Å²) < 4.78 is 10.5. The highest BCUT2D eigenvalue weighted by Crippen LogP contribution is 2.21. The van der Waals surface area contributed by atoms with Gasteiger partial charge in [0.15, 0.2) is 0 Å². The van der Waals surface area contributed by atoms with Crippen molar-refractivity contribution >= 4 is 23.8 Å². The summed E-state index contributed by atoms with van der Waals surface area (Å²) in [5.41, 5.74) is 2.20. The molecule has 7 heteroatoms. The van der Waals surface area contributed by atoms with E-state index in [0.717, 1.165) is 11.1 Å². The summed E-state index contributed by atoms with van der Waals surface area (Å²) in [6.45, 7) is 0.195. The molecule has 0 heterocycles. The van der Waals surface area contributed by atoms with E-state index in [1.54, 1.807) is 24.3 Å². The Morgan fingerprint density at radius 2 is 1.13 bits per heavy atom. The Labute approximate surface area is 179 Å². The average molecular weight is 425 g/mol. The normalized spacial score (nSPS) is 10.3. The molecule has 0 bridgehead atoms. The third kappa shape index (κ3) is 6.53. The van der Waals surface area contributed by atoms with Crippen LogP contribution in [0.1, 0.15) is 22.9 Å².